The van der Waals surface area contributed by atoms with Crippen LogP contribution in [0.4, 0.5) is 4.79 Å². The van der Waals surface area contributed by atoms with Crippen molar-refractivity contribution in [3.8, 4) is 0 Å². The second-order valence-corrected chi connectivity index (χ2v) is 3.40. The number of rotatable bonds is 0. The summed E-state index contributed by atoms with van der Waals surface area (Å²) in [5, 5.41) is 9.20. The number of hydrogen-bond acceptors (Lipinski definition) is 2. The van der Waals surface area contributed by atoms with E-state index in [1.165, 1.54) is 0 Å². The highest BCUT2D eigenvalue weighted by Crippen LogP contribution is 2.10. The van der Waals surface area contributed by atoms with Crippen molar-refractivity contribution in [2.45, 2.75) is 46.6 Å². The van der Waals surface area contributed by atoms with Crippen LogP contribution in [0.2, 0.25) is 0 Å². The Hall–Kier alpha value is -0.770. The molecular weight excluding hydrogens is 204 g/mol. The van der Waals surface area contributed by atoms with Crippen molar-refractivity contribution in [3.05, 3.63) is 0 Å². The summed E-state index contributed by atoms with van der Waals surface area (Å²) >= 11 is 0. The molecule has 0 aromatic rings. The van der Waals surface area contributed by atoms with Crippen LogP contribution in [0.1, 0.15) is 40.5 Å². The number of aliphatic hydroxyl groups is 1. The monoisotopic (exact) mass is 232 g/mol. The van der Waals surface area contributed by atoms with Crippen molar-refractivity contribution in [3.63, 3.8) is 0 Å². The number of amides is 2. The number of aliphatic hydroxyl groups excluding tert-OH is 1. The van der Waals surface area contributed by atoms with Crippen LogP contribution in [-0.4, -0.2) is 54.2 Å². The molecule has 1 fully saturated rings. The molecule has 1 heterocycles. The minimum Gasteiger partial charge on any atom is -0.393 e. The van der Waals surface area contributed by atoms with E-state index >= 15 is 0 Å². The molecule has 4 heteroatoms. The molecule has 0 aliphatic carbocycles. The summed E-state index contributed by atoms with van der Waals surface area (Å²) in [6.45, 7) is 9.36. The predicted octanol–water partition coefficient (Wildman–Crippen LogP) is 2.18. The van der Waals surface area contributed by atoms with E-state index in [-0.39, 0.29) is 12.1 Å². The molecule has 0 radical (unpaired) electrons. The van der Waals surface area contributed by atoms with Gasteiger partial charge < -0.3 is 14.9 Å². The highest BCUT2D eigenvalue weighted by molar-refractivity contribution is 5.73. The van der Waals surface area contributed by atoms with Crippen molar-refractivity contribution < 1.29 is 9.90 Å². The number of hydrogen-bond donors (Lipinski definition) is 1. The second kappa shape index (κ2) is 10.7. The third kappa shape index (κ3) is 6.67. The number of likely N-dealkylation sites (tertiary alicyclic amines) is 1. The van der Waals surface area contributed by atoms with Crippen LogP contribution in [0, 0.1) is 0 Å². The molecular formula is C12H28N2O2. The topological polar surface area (TPSA) is 43.8 Å². The maximum atomic E-state index is 11.4. The molecule has 1 aliphatic rings. The third-order valence-electron chi connectivity index (χ3n) is 2.12. The van der Waals surface area contributed by atoms with Crippen molar-refractivity contribution >= 4 is 6.03 Å². The Morgan fingerprint density at radius 1 is 1.12 bits per heavy atom. The highest BCUT2D eigenvalue weighted by Gasteiger charge is 2.21. The first kappa shape index (κ1) is 17.6. The zero-order valence-corrected chi connectivity index (χ0v) is 11.7. The molecule has 2 amide bonds. The first-order chi connectivity index (χ1) is 7.61. The Morgan fingerprint density at radius 2 is 1.50 bits per heavy atom. The summed E-state index contributed by atoms with van der Waals surface area (Å²) in [4.78, 5) is 14.7. The van der Waals surface area contributed by atoms with E-state index in [1.54, 1.807) is 23.9 Å². The molecule has 0 spiro atoms. The highest BCUT2D eigenvalue weighted by atomic mass is 16.3. The number of carbonyl (C=O) groups is 1. The standard InChI is InChI=1S/C8H16N2O2.2C2H6/c1-9(2)8(12)10-5-3-7(11)4-6-10;2*1-2/h7,11H,3-6H2,1-2H3;2*1-2H3. The van der Waals surface area contributed by atoms with E-state index in [0.29, 0.717) is 25.9 Å². The lowest BCUT2D eigenvalue weighted by atomic mass is 10.1. The molecule has 0 atom stereocenters. The average Bonchev–Trinajstić information content (AvgIpc) is 2.34. The van der Waals surface area contributed by atoms with Gasteiger partial charge in [-0.3, -0.25) is 0 Å². The van der Waals surface area contributed by atoms with E-state index in [9.17, 15) is 9.90 Å². The molecule has 0 bridgehead atoms. The van der Waals surface area contributed by atoms with Crippen LogP contribution in [0.25, 0.3) is 0 Å². The minimum absolute atomic E-state index is 0.0434. The fourth-order valence-corrected chi connectivity index (χ4v) is 1.34. The second-order valence-electron chi connectivity index (χ2n) is 3.40. The maximum absolute atomic E-state index is 11.4. The number of piperidine rings is 1. The van der Waals surface area contributed by atoms with Crippen molar-refractivity contribution in [2.75, 3.05) is 27.2 Å². The Balaban J connectivity index is 0. The number of carbonyl (C=O) groups excluding carboxylic acids is 1. The summed E-state index contributed by atoms with van der Waals surface area (Å²) in [6, 6.07) is 0.0434. The summed E-state index contributed by atoms with van der Waals surface area (Å²) in [5.41, 5.74) is 0. The SMILES string of the molecule is CC.CC.CN(C)C(=O)N1CCC(O)CC1. The van der Waals surface area contributed by atoms with E-state index < -0.39 is 0 Å². The first-order valence-corrected chi connectivity index (χ1v) is 6.25. The van der Waals surface area contributed by atoms with Gasteiger partial charge in [-0.1, -0.05) is 27.7 Å². The van der Waals surface area contributed by atoms with Gasteiger partial charge >= 0.3 is 6.03 Å². The third-order valence-corrected chi connectivity index (χ3v) is 2.12. The lowest BCUT2D eigenvalue weighted by Gasteiger charge is -2.31. The fraction of sp³-hybridized carbons (Fsp3) is 0.917. The van der Waals surface area contributed by atoms with Crippen LogP contribution >= 0.6 is 0 Å². The van der Waals surface area contributed by atoms with Crippen molar-refractivity contribution in [1.82, 2.24) is 9.80 Å². The average molecular weight is 232 g/mol. The zero-order valence-electron chi connectivity index (χ0n) is 11.7. The molecule has 98 valence electrons. The molecule has 0 aromatic carbocycles. The Labute approximate surface area is 100 Å². The largest absolute Gasteiger partial charge is 0.393 e. The predicted molar refractivity (Wildman–Crippen MR) is 68.6 cm³/mol. The van der Waals surface area contributed by atoms with E-state index in [4.69, 9.17) is 0 Å². The van der Waals surface area contributed by atoms with E-state index in [0.717, 1.165) is 0 Å². The molecule has 0 saturated carbocycles. The molecule has 1 rings (SSSR count). The van der Waals surface area contributed by atoms with Gasteiger partial charge in [0.15, 0.2) is 0 Å². The molecule has 1 N–H and O–H groups in total. The van der Waals surface area contributed by atoms with Gasteiger partial charge in [0.25, 0.3) is 0 Å². The van der Waals surface area contributed by atoms with Crippen LogP contribution in [-0.2, 0) is 0 Å². The Bertz CT molecular complexity index is 164. The lowest BCUT2D eigenvalue weighted by Crippen LogP contribution is -2.44. The van der Waals surface area contributed by atoms with Crippen LogP contribution in [0.15, 0.2) is 0 Å². The first-order valence-electron chi connectivity index (χ1n) is 6.25. The summed E-state index contributed by atoms with van der Waals surface area (Å²) in [5.74, 6) is 0. The summed E-state index contributed by atoms with van der Waals surface area (Å²) < 4.78 is 0. The van der Waals surface area contributed by atoms with Crippen LogP contribution < -0.4 is 0 Å². The summed E-state index contributed by atoms with van der Waals surface area (Å²) in [7, 11) is 3.49. The van der Waals surface area contributed by atoms with Gasteiger partial charge in [0.1, 0.15) is 0 Å². The Kier molecular flexibility index (Phi) is 11.8. The van der Waals surface area contributed by atoms with Gasteiger partial charge in [0, 0.05) is 27.2 Å². The normalized spacial score (nSPS) is 15.3. The van der Waals surface area contributed by atoms with Gasteiger partial charge in [-0.15, -0.1) is 0 Å². The molecule has 4 nitrogen and oxygen atoms in total. The van der Waals surface area contributed by atoms with E-state index in [1.807, 2.05) is 27.7 Å². The van der Waals surface area contributed by atoms with Crippen LogP contribution in [0.3, 0.4) is 0 Å². The lowest BCUT2D eigenvalue weighted by molar-refractivity contribution is 0.0863. The van der Waals surface area contributed by atoms with Gasteiger partial charge in [-0.25, -0.2) is 4.79 Å². The van der Waals surface area contributed by atoms with Gasteiger partial charge in [0.05, 0.1) is 6.10 Å². The molecule has 16 heavy (non-hydrogen) atoms. The molecule has 1 aliphatic heterocycles. The summed E-state index contributed by atoms with van der Waals surface area (Å²) in [6.07, 6.45) is 1.20. The van der Waals surface area contributed by atoms with E-state index in [2.05, 4.69) is 0 Å². The minimum atomic E-state index is -0.212. The fourth-order valence-electron chi connectivity index (χ4n) is 1.34. The van der Waals surface area contributed by atoms with Crippen LogP contribution in [0.5, 0.6) is 0 Å². The van der Waals surface area contributed by atoms with Crippen molar-refractivity contribution in [1.29, 1.82) is 0 Å². The molecule has 1 saturated heterocycles. The smallest absolute Gasteiger partial charge is 0.319 e. The quantitative estimate of drug-likeness (QED) is 0.695. The zero-order chi connectivity index (χ0) is 13.1. The molecule has 0 unspecified atom stereocenters. The van der Waals surface area contributed by atoms with Crippen molar-refractivity contribution in [2.24, 2.45) is 0 Å². The molecule has 0 aromatic heterocycles. The van der Waals surface area contributed by atoms with Gasteiger partial charge in [-0.05, 0) is 12.8 Å². The van der Waals surface area contributed by atoms with Gasteiger partial charge in [-0.2, -0.15) is 0 Å². The maximum Gasteiger partial charge on any atom is 0.319 e. The Morgan fingerprint density at radius 3 is 1.81 bits per heavy atom. The van der Waals surface area contributed by atoms with Gasteiger partial charge in [0.2, 0.25) is 0 Å². The number of nitrogens with zero attached hydrogens (tertiary/aromatic N) is 2. The number of urea groups is 1.